The van der Waals surface area contributed by atoms with Crippen LogP contribution in [-0.2, 0) is 4.79 Å². The Balaban J connectivity index is 1.67. The summed E-state index contributed by atoms with van der Waals surface area (Å²) >= 11 is 6.19. The first kappa shape index (κ1) is 16.9. The third kappa shape index (κ3) is 4.14. The first-order valence-electron chi connectivity index (χ1n) is 7.68. The smallest absolute Gasteiger partial charge is 0.262 e. The Morgan fingerprint density at radius 2 is 1.96 bits per heavy atom. The molecule has 0 saturated heterocycles. The average molecular weight is 359 g/mol. The molecule has 6 nitrogen and oxygen atoms in total. The number of para-hydroxylation sites is 1. The molecule has 1 amide bonds. The molecule has 0 radical (unpaired) electrons. The zero-order valence-corrected chi connectivity index (χ0v) is 14.0. The van der Waals surface area contributed by atoms with Gasteiger partial charge in [-0.15, -0.1) is 0 Å². The number of rotatable bonds is 4. The molecule has 0 atom stereocenters. The second-order valence-electron chi connectivity index (χ2n) is 5.27. The number of anilines is 1. The van der Waals surface area contributed by atoms with Crippen LogP contribution >= 0.6 is 11.6 Å². The SMILES string of the molecule is N#Cc1ccccc1OCC(=O)Nc1cc2c(cc1Cl)OCCCO2. The van der Waals surface area contributed by atoms with Gasteiger partial charge in [-0.05, 0) is 12.1 Å². The lowest BCUT2D eigenvalue weighted by atomic mass is 10.2. The van der Waals surface area contributed by atoms with Gasteiger partial charge in [0, 0.05) is 18.6 Å². The molecule has 3 rings (SSSR count). The lowest BCUT2D eigenvalue weighted by molar-refractivity contribution is -0.118. The van der Waals surface area contributed by atoms with Crippen molar-refractivity contribution < 1.29 is 19.0 Å². The van der Waals surface area contributed by atoms with Gasteiger partial charge in [0.05, 0.1) is 29.5 Å². The number of hydrogen-bond donors (Lipinski definition) is 1. The quantitative estimate of drug-likeness (QED) is 0.906. The van der Waals surface area contributed by atoms with E-state index in [1.165, 1.54) is 0 Å². The first-order chi connectivity index (χ1) is 12.2. The molecule has 0 aromatic heterocycles. The van der Waals surface area contributed by atoms with Crippen LogP contribution in [0.25, 0.3) is 0 Å². The van der Waals surface area contributed by atoms with Crippen LogP contribution in [0.5, 0.6) is 17.2 Å². The van der Waals surface area contributed by atoms with Crippen molar-refractivity contribution in [1.29, 1.82) is 5.26 Å². The third-order valence-electron chi connectivity index (χ3n) is 3.48. The Morgan fingerprint density at radius 3 is 2.72 bits per heavy atom. The summed E-state index contributed by atoms with van der Waals surface area (Å²) in [6, 6.07) is 12.0. The Morgan fingerprint density at radius 1 is 1.24 bits per heavy atom. The molecular formula is C18H15ClN2O4. The van der Waals surface area contributed by atoms with Gasteiger partial charge >= 0.3 is 0 Å². The van der Waals surface area contributed by atoms with E-state index in [4.69, 9.17) is 31.1 Å². The van der Waals surface area contributed by atoms with Gasteiger partial charge in [-0.3, -0.25) is 4.79 Å². The highest BCUT2D eigenvalue weighted by atomic mass is 35.5. The number of ether oxygens (including phenoxy) is 3. The van der Waals surface area contributed by atoms with Gasteiger partial charge in [0.25, 0.3) is 5.91 Å². The topological polar surface area (TPSA) is 80.6 Å². The number of fused-ring (bicyclic) bond motifs is 1. The normalized spacial score (nSPS) is 12.6. The average Bonchev–Trinajstić information content (AvgIpc) is 2.85. The van der Waals surface area contributed by atoms with Crippen molar-refractivity contribution in [3.05, 3.63) is 47.0 Å². The van der Waals surface area contributed by atoms with Crippen LogP contribution in [0.3, 0.4) is 0 Å². The van der Waals surface area contributed by atoms with Gasteiger partial charge in [0.1, 0.15) is 11.8 Å². The third-order valence-corrected chi connectivity index (χ3v) is 3.79. The van der Waals surface area contributed by atoms with Crippen LogP contribution in [0.1, 0.15) is 12.0 Å². The van der Waals surface area contributed by atoms with Gasteiger partial charge in [-0.1, -0.05) is 23.7 Å². The number of nitriles is 1. The maximum absolute atomic E-state index is 12.1. The predicted octanol–water partition coefficient (Wildman–Crippen LogP) is 3.39. The number of carbonyl (C=O) groups excluding carboxylic acids is 1. The molecule has 1 N–H and O–H groups in total. The molecule has 1 aliphatic rings. The number of benzene rings is 2. The van der Waals surface area contributed by atoms with Gasteiger partial charge < -0.3 is 19.5 Å². The van der Waals surface area contributed by atoms with Crippen LogP contribution in [0.2, 0.25) is 5.02 Å². The van der Waals surface area contributed by atoms with Crippen molar-refractivity contribution in [2.24, 2.45) is 0 Å². The van der Waals surface area contributed by atoms with Crippen LogP contribution in [0, 0.1) is 11.3 Å². The number of nitrogens with zero attached hydrogens (tertiary/aromatic N) is 1. The summed E-state index contributed by atoms with van der Waals surface area (Å²) in [4.78, 5) is 12.1. The van der Waals surface area contributed by atoms with E-state index in [2.05, 4.69) is 5.32 Å². The molecule has 1 aliphatic heterocycles. The molecule has 7 heteroatoms. The van der Waals surface area contributed by atoms with E-state index in [1.807, 2.05) is 6.07 Å². The van der Waals surface area contributed by atoms with Crippen LogP contribution in [-0.4, -0.2) is 25.7 Å². The van der Waals surface area contributed by atoms with Crippen molar-refractivity contribution in [3.63, 3.8) is 0 Å². The fourth-order valence-corrected chi connectivity index (χ4v) is 2.50. The summed E-state index contributed by atoms with van der Waals surface area (Å²) in [6.45, 7) is 0.848. The molecule has 128 valence electrons. The maximum Gasteiger partial charge on any atom is 0.262 e. The molecular weight excluding hydrogens is 344 g/mol. The number of nitrogens with one attached hydrogen (secondary N) is 1. The number of halogens is 1. The first-order valence-corrected chi connectivity index (χ1v) is 8.06. The van der Waals surface area contributed by atoms with E-state index in [0.29, 0.717) is 46.7 Å². The number of amides is 1. The van der Waals surface area contributed by atoms with Crippen LogP contribution in [0.15, 0.2) is 36.4 Å². The van der Waals surface area contributed by atoms with E-state index < -0.39 is 5.91 Å². The highest BCUT2D eigenvalue weighted by Crippen LogP contribution is 2.37. The van der Waals surface area contributed by atoms with Crippen molar-refractivity contribution in [3.8, 4) is 23.3 Å². The van der Waals surface area contributed by atoms with Crippen molar-refractivity contribution in [2.45, 2.75) is 6.42 Å². The van der Waals surface area contributed by atoms with Gasteiger partial charge in [-0.25, -0.2) is 0 Å². The largest absolute Gasteiger partial charge is 0.490 e. The maximum atomic E-state index is 12.1. The van der Waals surface area contributed by atoms with Crippen molar-refractivity contribution in [1.82, 2.24) is 0 Å². The van der Waals surface area contributed by atoms with E-state index in [0.717, 1.165) is 6.42 Å². The highest BCUT2D eigenvalue weighted by Gasteiger charge is 2.16. The standard InChI is InChI=1S/C18H15ClN2O4/c19-13-8-16-17(24-7-3-6-23-16)9-14(13)21-18(22)11-25-15-5-2-1-4-12(15)10-20/h1-2,4-5,8-9H,3,6-7,11H2,(H,21,22). The molecule has 25 heavy (non-hydrogen) atoms. The van der Waals surface area contributed by atoms with E-state index in [9.17, 15) is 4.79 Å². The lowest BCUT2D eigenvalue weighted by Gasteiger charge is -2.13. The zero-order valence-electron chi connectivity index (χ0n) is 13.3. The summed E-state index contributed by atoms with van der Waals surface area (Å²) in [5, 5.41) is 12.0. The molecule has 0 unspecified atom stereocenters. The fourth-order valence-electron chi connectivity index (χ4n) is 2.29. The summed E-state index contributed by atoms with van der Waals surface area (Å²) in [6.07, 6.45) is 0.778. The predicted molar refractivity (Wildman–Crippen MR) is 92.3 cm³/mol. The number of hydrogen-bond acceptors (Lipinski definition) is 5. The molecule has 0 spiro atoms. The van der Waals surface area contributed by atoms with E-state index in [-0.39, 0.29) is 6.61 Å². The highest BCUT2D eigenvalue weighted by molar-refractivity contribution is 6.34. The molecule has 0 saturated carbocycles. The Kier molecular flexibility index (Phi) is 5.26. The Labute approximate surface area is 149 Å². The molecule has 1 heterocycles. The second-order valence-corrected chi connectivity index (χ2v) is 5.68. The molecule has 0 aliphatic carbocycles. The van der Waals surface area contributed by atoms with E-state index >= 15 is 0 Å². The monoisotopic (exact) mass is 358 g/mol. The van der Waals surface area contributed by atoms with Crippen LogP contribution < -0.4 is 19.5 Å². The minimum absolute atomic E-state index is 0.247. The minimum atomic E-state index is -0.399. The zero-order chi connectivity index (χ0) is 17.6. The lowest BCUT2D eigenvalue weighted by Crippen LogP contribution is -2.20. The van der Waals surface area contributed by atoms with Crippen molar-refractivity contribution in [2.75, 3.05) is 25.1 Å². The molecule has 0 fully saturated rings. The summed E-state index contributed by atoms with van der Waals surface area (Å²) in [5.41, 5.74) is 0.775. The number of carbonyl (C=O) groups is 1. The van der Waals surface area contributed by atoms with E-state index in [1.54, 1.807) is 36.4 Å². The fraction of sp³-hybridized carbons (Fsp3) is 0.222. The molecule has 0 bridgehead atoms. The second kappa shape index (κ2) is 7.77. The van der Waals surface area contributed by atoms with Crippen LogP contribution in [0.4, 0.5) is 5.69 Å². The van der Waals surface area contributed by atoms with Gasteiger partial charge in [0.15, 0.2) is 18.1 Å². The Bertz CT molecular complexity index is 832. The van der Waals surface area contributed by atoms with Gasteiger partial charge in [0.2, 0.25) is 0 Å². The molecule has 2 aromatic rings. The molecule has 2 aromatic carbocycles. The Hall–Kier alpha value is -2.91. The van der Waals surface area contributed by atoms with Crippen molar-refractivity contribution >= 4 is 23.2 Å². The summed E-state index contributed by atoms with van der Waals surface area (Å²) in [7, 11) is 0. The summed E-state index contributed by atoms with van der Waals surface area (Å²) < 4.78 is 16.5. The minimum Gasteiger partial charge on any atom is -0.490 e. The van der Waals surface area contributed by atoms with Gasteiger partial charge in [-0.2, -0.15) is 5.26 Å². The summed E-state index contributed by atoms with van der Waals surface area (Å²) in [5.74, 6) is 1.04.